The van der Waals surface area contributed by atoms with Crippen molar-refractivity contribution in [3.05, 3.63) is 60.7 Å². The lowest BCUT2D eigenvalue weighted by Gasteiger charge is -2.26. The molecule has 0 aromatic heterocycles. The molecule has 3 nitrogen and oxygen atoms in total. The zero-order valence-electron chi connectivity index (χ0n) is 14.3. The van der Waals surface area contributed by atoms with E-state index in [1.54, 1.807) is 0 Å². The molecule has 0 saturated carbocycles. The van der Waals surface area contributed by atoms with Gasteiger partial charge in [-0.25, -0.2) is 0 Å². The van der Waals surface area contributed by atoms with Crippen molar-refractivity contribution in [2.75, 3.05) is 24.7 Å². The maximum absolute atomic E-state index is 5.84. The van der Waals surface area contributed by atoms with Crippen LogP contribution in [0.15, 0.2) is 60.7 Å². The largest absolute Gasteiger partial charge is 0.353 e. The maximum Gasteiger partial charge on any atom is 0.157 e. The first-order valence-corrected chi connectivity index (χ1v) is 9.04. The molecule has 0 radical (unpaired) electrons. The number of hydrogen-bond donors (Lipinski definition) is 0. The second-order valence-corrected chi connectivity index (χ2v) is 6.20. The number of para-hydroxylation sites is 2. The summed E-state index contributed by atoms with van der Waals surface area (Å²) >= 11 is 0. The summed E-state index contributed by atoms with van der Waals surface area (Å²) < 4.78 is 11.4. The van der Waals surface area contributed by atoms with Crippen molar-refractivity contribution in [2.24, 2.45) is 0 Å². The van der Waals surface area contributed by atoms with E-state index in [0.29, 0.717) is 0 Å². The van der Waals surface area contributed by atoms with E-state index in [1.165, 1.54) is 24.2 Å². The minimum Gasteiger partial charge on any atom is -0.353 e. The van der Waals surface area contributed by atoms with Crippen molar-refractivity contribution < 1.29 is 9.47 Å². The fraction of sp³-hybridized carbons (Fsp3) is 0.429. The highest BCUT2D eigenvalue weighted by Gasteiger charge is 2.13. The van der Waals surface area contributed by atoms with Crippen LogP contribution in [-0.4, -0.2) is 26.0 Å². The van der Waals surface area contributed by atoms with Gasteiger partial charge in [-0.2, -0.15) is 0 Å². The summed E-state index contributed by atoms with van der Waals surface area (Å²) in [4.78, 5) is 2.37. The van der Waals surface area contributed by atoms with E-state index < -0.39 is 0 Å². The standard InChI is InChI=1S/C21H27NO2/c1-3-11-19(12-4-1)22(20-13-5-2-6-14-20)16-8-10-18-24-21-15-7-9-17-23-21/h1-6,11-14,21H,7-10,15-18H2. The van der Waals surface area contributed by atoms with Crippen molar-refractivity contribution in [2.45, 2.75) is 38.4 Å². The minimum atomic E-state index is 0.0260. The van der Waals surface area contributed by atoms with Crippen LogP contribution in [0, 0.1) is 0 Å². The third-order valence-electron chi connectivity index (χ3n) is 4.35. The lowest BCUT2D eigenvalue weighted by atomic mass is 10.2. The topological polar surface area (TPSA) is 21.7 Å². The second-order valence-electron chi connectivity index (χ2n) is 6.20. The van der Waals surface area contributed by atoms with Crippen LogP contribution in [0.2, 0.25) is 0 Å². The molecule has 0 N–H and O–H groups in total. The molecule has 1 unspecified atom stereocenters. The van der Waals surface area contributed by atoms with Gasteiger partial charge in [-0.1, -0.05) is 36.4 Å². The predicted octanol–water partition coefficient (Wildman–Crippen LogP) is 5.15. The lowest BCUT2D eigenvalue weighted by molar-refractivity contribution is -0.162. The van der Waals surface area contributed by atoms with Crippen LogP contribution in [-0.2, 0) is 9.47 Å². The molecule has 3 rings (SSSR count). The molecule has 128 valence electrons. The first kappa shape index (κ1) is 17.0. The molecule has 0 aliphatic carbocycles. The number of rotatable bonds is 8. The SMILES string of the molecule is c1ccc(N(CCCCOC2CCCCO2)c2ccccc2)cc1. The Bertz CT molecular complexity index is 527. The highest BCUT2D eigenvalue weighted by atomic mass is 16.7. The highest BCUT2D eigenvalue weighted by Crippen LogP contribution is 2.25. The molecule has 1 atom stereocenters. The van der Waals surface area contributed by atoms with E-state index >= 15 is 0 Å². The van der Waals surface area contributed by atoms with Crippen LogP contribution >= 0.6 is 0 Å². The molecule has 1 heterocycles. The number of unbranched alkanes of at least 4 members (excludes halogenated alkanes) is 1. The molecule has 24 heavy (non-hydrogen) atoms. The number of hydrogen-bond acceptors (Lipinski definition) is 3. The van der Waals surface area contributed by atoms with E-state index in [-0.39, 0.29) is 6.29 Å². The molecule has 0 amide bonds. The summed E-state index contributed by atoms with van der Waals surface area (Å²) in [5, 5.41) is 0. The summed E-state index contributed by atoms with van der Waals surface area (Å²) in [6.07, 6.45) is 5.61. The van der Waals surface area contributed by atoms with Gasteiger partial charge < -0.3 is 14.4 Å². The molecule has 0 bridgehead atoms. The third-order valence-corrected chi connectivity index (χ3v) is 4.35. The average molecular weight is 325 g/mol. The third kappa shape index (κ3) is 5.08. The minimum absolute atomic E-state index is 0.0260. The van der Waals surface area contributed by atoms with E-state index in [1.807, 2.05) is 0 Å². The molecule has 2 aromatic rings. The first-order valence-electron chi connectivity index (χ1n) is 9.04. The monoisotopic (exact) mass is 325 g/mol. The van der Waals surface area contributed by atoms with Gasteiger partial charge in [0.2, 0.25) is 0 Å². The summed E-state index contributed by atoms with van der Waals surface area (Å²) in [5.41, 5.74) is 2.47. The Balaban J connectivity index is 1.49. The normalized spacial score (nSPS) is 17.6. The zero-order chi connectivity index (χ0) is 16.5. The van der Waals surface area contributed by atoms with Crippen molar-refractivity contribution in [1.82, 2.24) is 0 Å². The fourth-order valence-electron chi connectivity index (χ4n) is 3.05. The Hall–Kier alpha value is -1.84. The van der Waals surface area contributed by atoms with E-state index in [4.69, 9.17) is 9.47 Å². The predicted molar refractivity (Wildman–Crippen MR) is 98.7 cm³/mol. The molecule has 1 aliphatic heterocycles. The quantitative estimate of drug-likeness (QED) is 0.627. The smallest absolute Gasteiger partial charge is 0.157 e. The number of ether oxygens (including phenoxy) is 2. The van der Waals surface area contributed by atoms with Crippen LogP contribution in [0.3, 0.4) is 0 Å². The second kappa shape index (κ2) is 9.45. The van der Waals surface area contributed by atoms with Gasteiger partial charge in [0.15, 0.2) is 6.29 Å². The van der Waals surface area contributed by atoms with Crippen LogP contribution in [0.4, 0.5) is 11.4 Å². The van der Waals surface area contributed by atoms with E-state index in [0.717, 1.165) is 39.0 Å². The molecule has 3 heteroatoms. The van der Waals surface area contributed by atoms with Gasteiger partial charge in [0.1, 0.15) is 0 Å². The summed E-state index contributed by atoms with van der Waals surface area (Å²) in [7, 11) is 0. The molecule has 1 aliphatic rings. The van der Waals surface area contributed by atoms with Gasteiger partial charge in [-0.05, 0) is 56.4 Å². The van der Waals surface area contributed by atoms with E-state index in [2.05, 4.69) is 65.6 Å². The molecule has 2 aromatic carbocycles. The fourth-order valence-corrected chi connectivity index (χ4v) is 3.05. The van der Waals surface area contributed by atoms with Crippen LogP contribution in [0.5, 0.6) is 0 Å². The van der Waals surface area contributed by atoms with Crippen molar-refractivity contribution in [1.29, 1.82) is 0 Å². The van der Waals surface area contributed by atoms with Crippen LogP contribution < -0.4 is 4.90 Å². The highest BCUT2D eigenvalue weighted by molar-refractivity contribution is 5.62. The van der Waals surface area contributed by atoms with Crippen molar-refractivity contribution in [3.8, 4) is 0 Å². The summed E-state index contributed by atoms with van der Waals surface area (Å²) in [6.45, 7) is 2.62. The van der Waals surface area contributed by atoms with Gasteiger partial charge in [0.25, 0.3) is 0 Å². The van der Waals surface area contributed by atoms with Gasteiger partial charge in [-0.15, -0.1) is 0 Å². The van der Waals surface area contributed by atoms with Gasteiger partial charge in [0, 0.05) is 31.1 Å². The van der Waals surface area contributed by atoms with Gasteiger partial charge >= 0.3 is 0 Å². The van der Waals surface area contributed by atoms with Crippen molar-refractivity contribution >= 4 is 11.4 Å². The number of benzene rings is 2. The Morgan fingerprint density at radius 3 is 2.12 bits per heavy atom. The Morgan fingerprint density at radius 2 is 1.54 bits per heavy atom. The molecule has 1 fully saturated rings. The summed E-state index contributed by atoms with van der Waals surface area (Å²) in [5.74, 6) is 0. The molecular formula is C21H27NO2. The maximum atomic E-state index is 5.84. The molecular weight excluding hydrogens is 298 g/mol. The summed E-state index contributed by atoms with van der Waals surface area (Å²) in [6, 6.07) is 21.2. The van der Waals surface area contributed by atoms with Crippen LogP contribution in [0.1, 0.15) is 32.1 Å². The van der Waals surface area contributed by atoms with Gasteiger partial charge in [-0.3, -0.25) is 0 Å². The van der Waals surface area contributed by atoms with Crippen LogP contribution in [0.25, 0.3) is 0 Å². The molecule has 0 spiro atoms. The van der Waals surface area contributed by atoms with Gasteiger partial charge in [0.05, 0.1) is 0 Å². The van der Waals surface area contributed by atoms with Crippen molar-refractivity contribution in [3.63, 3.8) is 0 Å². The van der Waals surface area contributed by atoms with E-state index in [9.17, 15) is 0 Å². The average Bonchev–Trinajstić information content (AvgIpc) is 2.67. The number of nitrogens with zero attached hydrogens (tertiary/aromatic N) is 1. The first-order chi connectivity index (χ1) is 11.9. The zero-order valence-corrected chi connectivity index (χ0v) is 14.3. The Labute approximate surface area is 145 Å². The Morgan fingerprint density at radius 1 is 0.875 bits per heavy atom. The lowest BCUT2D eigenvalue weighted by Crippen LogP contribution is -2.23. The Kier molecular flexibility index (Phi) is 6.70. The number of anilines is 2. The molecule has 1 saturated heterocycles.